The first-order chi connectivity index (χ1) is 10.1. The van der Waals surface area contributed by atoms with Crippen LogP contribution in [-0.4, -0.2) is 40.5 Å². The van der Waals surface area contributed by atoms with E-state index < -0.39 is 24.5 Å². The largest absolute Gasteiger partial charge is 0.451 e. The lowest BCUT2D eigenvalue weighted by molar-refractivity contribution is -0.123. The molecule has 8 nitrogen and oxygen atoms in total. The summed E-state index contributed by atoms with van der Waals surface area (Å²) in [5.74, 6) is -1.46. The predicted molar refractivity (Wildman–Crippen MR) is 71.2 cm³/mol. The normalized spacial score (nSPS) is 14.5. The number of nitrogens with one attached hydrogen (secondary N) is 2. The molecule has 0 bridgehead atoms. The highest BCUT2D eigenvalue weighted by Crippen LogP contribution is 2.17. The molecular formula is C13H16N4O4. The molecule has 2 N–H and O–H groups in total. The fraction of sp³-hybridized carbons (Fsp3) is 0.462. The molecule has 3 amide bonds. The highest BCUT2D eigenvalue weighted by molar-refractivity contribution is 5.96. The summed E-state index contributed by atoms with van der Waals surface area (Å²) in [5, 5.41) is 4.81. The van der Waals surface area contributed by atoms with E-state index in [0.29, 0.717) is 0 Å². The average molecular weight is 292 g/mol. The first kappa shape index (κ1) is 14.9. The van der Waals surface area contributed by atoms with Gasteiger partial charge < -0.3 is 10.1 Å². The summed E-state index contributed by atoms with van der Waals surface area (Å²) in [5.41, 5.74) is 0.000655. The number of carbonyl (C=O) groups is 3. The number of imide groups is 1. The number of urea groups is 1. The molecule has 0 unspecified atom stereocenters. The van der Waals surface area contributed by atoms with Crippen molar-refractivity contribution in [1.82, 2.24) is 20.6 Å². The number of amides is 3. The second-order valence-electron chi connectivity index (χ2n) is 4.67. The minimum Gasteiger partial charge on any atom is -0.451 e. The summed E-state index contributed by atoms with van der Waals surface area (Å²) < 4.78 is 4.73. The Morgan fingerprint density at radius 1 is 1.24 bits per heavy atom. The molecule has 8 heteroatoms. The van der Waals surface area contributed by atoms with Crippen LogP contribution in [0.15, 0.2) is 18.6 Å². The maximum atomic E-state index is 11.5. The predicted octanol–water partition coefficient (Wildman–Crippen LogP) is 0.402. The Labute approximate surface area is 121 Å². The van der Waals surface area contributed by atoms with Crippen LogP contribution in [0.25, 0.3) is 0 Å². The van der Waals surface area contributed by atoms with Crippen molar-refractivity contribution in [2.24, 2.45) is 0 Å². The van der Waals surface area contributed by atoms with Gasteiger partial charge in [-0.15, -0.1) is 0 Å². The number of hydrogen-bond acceptors (Lipinski definition) is 6. The van der Waals surface area contributed by atoms with Crippen molar-refractivity contribution in [1.29, 1.82) is 0 Å². The molecule has 0 radical (unpaired) electrons. The summed E-state index contributed by atoms with van der Waals surface area (Å²) in [7, 11) is 0. The van der Waals surface area contributed by atoms with E-state index in [1.54, 1.807) is 0 Å². The SMILES string of the molecule is O=C(COC(=O)c1cnccn1)NC(=O)NC1CCCC1. The summed E-state index contributed by atoms with van der Waals surface area (Å²) in [6, 6.07) is -0.456. The van der Waals surface area contributed by atoms with Gasteiger partial charge in [-0.3, -0.25) is 15.1 Å². The number of ether oxygens (including phenoxy) is 1. The van der Waals surface area contributed by atoms with E-state index in [9.17, 15) is 14.4 Å². The van der Waals surface area contributed by atoms with Gasteiger partial charge in [-0.25, -0.2) is 14.6 Å². The van der Waals surface area contributed by atoms with Gasteiger partial charge in [0.25, 0.3) is 5.91 Å². The number of carbonyl (C=O) groups excluding carboxylic acids is 3. The molecule has 0 atom stereocenters. The number of hydrogen-bond donors (Lipinski definition) is 2. The lowest BCUT2D eigenvalue weighted by Gasteiger charge is -2.12. The number of esters is 1. The lowest BCUT2D eigenvalue weighted by atomic mass is 10.2. The van der Waals surface area contributed by atoms with Crippen molar-refractivity contribution in [2.75, 3.05) is 6.61 Å². The fourth-order valence-electron chi connectivity index (χ4n) is 2.06. The van der Waals surface area contributed by atoms with Crippen LogP contribution in [0.1, 0.15) is 36.2 Å². The third-order valence-electron chi connectivity index (χ3n) is 3.05. The molecular weight excluding hydrogens is 276 g/mol. The van der Waals surface area contributed by atoms with E-state index in [0.717, 1.165) is 25.7 Å². The van der Waals surface area contributed by atoms with Crippen LogP contribution >= 0.6 is 0 Å². The van der Waals surface area contributed by atoms with Crippen molar-refractivity contribution in [3.8, 4) is 0 Å². The maximum absolute atomic E-state index is 11.5. The molecule has 1 fully saturated rings. The third-order valence-corrected chi connectivity index (χ3v) is 3.05. The van der Waals surface area contributed by atoms with Crippen molar-refractivity contribution in [3.63, 3.8) is 0 Å². The Bertz CT molecular complexity index is 514. The highest BCUT2D eigenvalue weighted by Gasteiger charge is 2.19. The van der Waals surface area contributed by atoms with Gasteiger partial charge >= 0.3 is 12.0 Å². The van der Waals surface area contributed by atoms with Gasteiger partial charge in [-0.05, 0) is 12.8 Å². The molecule has 0 saturated heterocycles. The first-order valence-electron chi connectivity index (χ1n) is 6.68. The second kappa shape index (κ2) is 7.32. The molecule has 2 rings (SSSR count). The van der Waals surface area contributed by atoms with Gasteiger partial charge in [-0.1, -0.05) is 12.8 Å². The highest BCUT2D eigenvalue weighted by atomic mass is 16.5. The van der Waals surface area contributed by atoms with Crippen molar-refractivity contribution < 1.29 is 19.1 Å². The Hall–Kier alpha value is -2.51. The lowest BCUT2D eigenvalue weighted by Crippen LogP contribution is -2.45. The zero-order valence-electron chi connectivity index (χ0n) is 11.4. The van der Waals surface area contributed by atoms with Gasteiger partial charge in [0.2, 0.25) is 0 Å². The molecule has 0 aliphatic heterocycles. The van der Waals surface area contributed by atoms with Gasteiger partial charge in [0.05, 0.1) is 6.20 Å². The van der Waals surface area contributed by atoms with Gasteiger partial charge in [-0.2, -0.15) is 0 Å². The molecule has 0 aromatic carbocycles. The maximum Gasteiger partial charge on any atom is 0.359 e. The minimum atomic E-state index is -0.769. The Morgan fingerprint density at radius 3 is 2.67 bits per heavy atom. The molecule has 1 aliphatic rings. The first-order valence-corrected chi connectivity index (χ1v) is 6.68. The average Bonchev–Trinajstić information content (AvgIpc) is 2.98. The molecule has 112 valence electrons. The topological polar surface area (TPSA) is 110 Å². The molecule has 0 spiro atoms. The molecule has 1 aromatic rings. The van der Waals surface area contributed by atoms with Crippen molar-refractivity contribution in [3.05, 3.63) is 24.3 Å². The summed E-state index contributed by atoms with van der Waals surface area (Å²) >= 11 is 0. The second-order valence-corrected chi connectivity index (χ2v) is 4.67. The molecule has 1 heterocycles. The van der Waals surface area contributed by atoms with Gasteiger partial charge in [0.1, 0.15) is 0 Å². The molecule has 1 aromatic heterocycles. The van der Waals surface area contributed by atoms with E-state index in [1.165, 1.54) is 18.6 Å². The number of nitrogens with zero attached hydrogens (tertiary/aromatic N) is 2. The quantitative estimate of drug-likeness (QED) is 0.777. The summed E-state index contributed by atoms with van der Waals surface area (Å²) in [6.45, 7) is -0.548. The Balaban J connectivity index is 1.69. The van der Waals surface area contributed by atoms with E-state index in [1.807, 2.05) is 0 Å². The van der Waals surface area contributed by atoms with Crippen LogP contribution in [0.2, 0.25) is 0 Å². The number of rotatable bonds is 4. The fourth-order valence-corrected chi connectivity index (χ4v) is 2.06. The van der Waals surface area contributed by atoms with E-state index in [2.05, 4.69) is 20.6 Å². The van der Waals surface area contributed by atoms with E-state index in [-0.39, 0.29) is 11.7 Å². The standard InChI is InChI=1S/C13H16N4O4/c18-11(17-13(20)16-9-3-1-2-4-9)8-21-12(19)10-7-14-5-6-15-10/h5-7,9H,1-4,8H2,(H2,16,17,18,20). The van der Waals surface area contributed by atoms with E-state index >= 15 is 0 Å². The van der Waals surface area contributed by atoms with E-state index in [4.69, 9.17) is 4.74 Å². The molecule has 1 aliphatic carbocycles. The zero-order valence-corrected chi connectivity index (χ0v) is 11.4. The van der Waals surface area contributed by atoms with Crippen LogP contribution in [0.5, 0.6) is 0 Å². The smallest absolute Gasteiger partial charge is 0.359 e. The van der Waals surface area contributed by atoms with Gasteiger partial charge in [0, 0.05) is 18.4 Å². The Morgan fingerprint density at radius 2 is 2.00 bits per heavy atom. The van der Waals surface area contributed by atoms with Crippen LogP contribution in [0.3, 0.4) is 0 Å². The van der Waals surface area contributed by atoms with Crippen molar-refractivity contribution >= 4 is 17.9 Å². The van der Waals surface area contributed by atoms with Crippen LogP contribution < -0.4 is 10.6 Å². The van der Waals surface area contributed by atoms with Gasteiger partial charge in [0.15, 0.2) is 12.3 Å². The molecule has 1 saturated carbocycles. The van der Waals surface area contributed by atoms with Crippen LogP contribution in [-0.2, 0) is 9.53 Å². The summed E-state index contributed by atoms with van der Waals surface area (Å²) in [4.78, 5) is 42.0. The zero-order chi connectivity index (χ0) is 15.1. The minimum absolute atomic E-state index is 0.000655. The summed E-state index contributed by atoms with van der Waals surface area (Å²) in [6.07, 6.45) is 7.98. The monoisotopic (exact) mass is 292 g/mol. The van der Waals surface area contributed by atoms with Crippen LogP contribution in [0.4, 0.5) is 4.79 Å². The van der Waals surface area contributed by atoms with Crippen molar-refractivity contribution in [2.45, 2.75) is 31.7 Å². The number of aromatic nitrogens is 2. The third kappa shape index (κ3) is 4.83. The molecule has 21 heavy (non-hydrogen) atoms. The Kier molecular flexibility index (Phi) is 5.19. The van der Waals surface area contributed by atoms with Crippen LogP contribution in [0, 0.1) is 0 Å².